The van der Waals surface area contributed by atoms with Gasteiger partial charge in [0.25, 0.3) is 6.33 Å². The number of nitrogens with zero attached hydrogens (tertiary/aromatic N) is 2. The van der Waals surface area contributed by atoms with Crippen LogP contribution >= 0.6 is 0 Å². The fourth-order valence-electron chi connectivity index (χ4n) is 7.20. The van der Waals surface area contributed by atoms with Crippen LogP contribution in [0.3, 0.4) is 0 Å². The van der Waals surface area contributed by atoms with E-state index in [0.717, 1.165) is 0 Å². The Bertz CT molecular complexity index is 1560. The standard InChI is InChI=1S/C36H44N2/c1-22(2)24-13-11-14-25(23(3)4)32(24)37-21-38-31-20-28-27(34(5,6)17-18-35(28,7)8)19-29(31)36(9,10)26-15-12-16-30(37)33(26)38/h11-16,19-20,22-23H,17-18H2,1-10H3. The number of benzene rings is 3. The largest absolute Gasteiger partial charge is 0.291 e. The van der Waals surface area contributed by atoms with Crippen molar-refractivity contribution in [1.29, 1.82) is 0 Å². The molecule has 0 fully saturated rings. The second kappa shape index (κ2) is 8.07. The van der Waals surface area contributed by atoms with Crippen molar-refractivity contribution in [2.45, 2.75) is 110 Å². The molecule has 0 radical (unpaired) electrons. The number of hydrogen-bond acceptors (Lipinski definition) is 0. The molecule has 0 unspecified atom stereocenters. The van der Waals surface area contributed by atoms with Crippen LogP contribution in [0.5, 0.6) is 0 Å². The number of aromatic nitrogens is 2. The summed E-state index contributed by atoms with van der Waals surface area (Å²) in [4.78, 5) is 0. The highest BCUT2D eigenvalue weighted by atomic mass is 15.2. The van der Waals surface area contributed by atoms with Gasteiger partial charge in [-0.15, -0.1) is 0 Å². The lowest BCUT2D eigenvalue weighted by Gasteiger charge is -2.44. The van der Waals surface area contributed by atoms with Crippen molar-refractivity contribution in [3.05, 3.63) is 88.2 Å². The van der Waals surface area contributed by atoms with E-state index in [1.165, 1.54) is 68.6 Å². The maximum atomic E-state index is 3.92. The first-order valence-electron chi connectivity index (χ1n) is 14.6. The minimum atomic E-state index is -0.0972. The molecule has 3 aromatic carbocycles. The quantitative estimate of drug-likeness (QED) is 0.194. The van der Waals surface area contributed by atoms with Crippen LogP contribution < -0.4 is 4.57 Å². The third-order valence-electron chi connectivity index (χ3n) is 9.80. The Morgan fingerprint density at radius 3 is 1.84 bits per heavy atom. The fraction of sp³-hybridized carbons (Fsp3) is 0.472. The zero-order valence-corrected chi connectivity index (χ0v) is 25.1. The van der Waals surface area contributed by atoms with Crippen molar-refractivity contribution in [3.8, 4) is 11.4 Å². The summed E-state index contributed by atoms with van der Waals surface area (Å²) >= 11 is 0. The molecule has 0 saturated carbocycles. The third kappa shape index (κ3) is 3.41. The van der Waals surface area contributed by atoms with Gasteiger partial charge in [0, 0.05) is 5.41 Å². The van der Waals surface area contributed by atoms with E-state index in [1.807, 2.05) is 0 Å². The summed E-state index contributed by atoms with van der Waals surface area (Å²) < 4.78 is 4.77. The van der Waals surface area contributed by atoms with E-state index in [4.69, 9.17) is 0 Å². The maximum absolute atomic E-state index is 3.92. The van der Waals surface area contributed by atoms with Crippen LogP contribution in [-0.2, 0) is 16.2 Å². The molecule has 0 atom stereocenters. The topological polar surface area (TPSA) is 8.81 Å². The van der Waals surface area contributed by atoms with E-state index >= 15 is 0 Å². The van der Waals surface area contributed by atoms with Gasteiger partial charge in [0.1, 0.15) is 0 Å². The molecule has 0 saturated heterocycles. The molecule has 6 rings (SSSR count). The fourth-order valence-corrected chi connectivity index (χ4v) is 7.20. The molecule has 198 valence electrons. The minimum absolute atomic E-state index is 0.0972. The molecular weight excluding hydrogens is 460 g/mol. The van der Waals surface area contributed by atoms with Crippen LogP contribution in [0.2, 0.25) is 0 Å². The van der Waals surface area contributed by atoms with Crippen LogP contribution in [0.25, 0.3) is 22.4 Å². The third-order valence-corrected chi connectivity index (χ3v) is 9.80. The molecule has 0 N–H and O–H groups in total. The van der Waals surface area contributed by atoms with E-state index in [2.05, 4.69) is 133 Å². The lowest BCUT2D eigenvalue weighted by atomic mass is 9.61. The summed E-state index contributed by atoms with van der Waals surface area (Å²) in [5, 5.41) is 0. The van der Waals surface area contributed by atoms with Gasteiger partial charge in [-0.3, -0.25) is 9.13 Å². The van der Waals surface area contributed by atoms with Gasteiger partial charge in [0.05, 0.1) is 22.4 Å². The Kier molecular flexibility index (Phi) is 5.40. The zero-order valence-electron chi connectivity index (χ0n) is 25.1. The first kappa shape index (κ1) is 25.4. The Morgan fingerprint density at radius 2 is 1.26 bits per heavy atom. The SMILES string of the molecule is CC(C)c1cccc(C(C)C)c1-n1[c-][n+]2c3c(cccc31)C(C)(C)c1cc3c(cc1-2)C(C)(C)CCC3(C)C. The van der Waals surface area contributed by atoms with Crippen LogP contribution in [0.4, 0.5) is 0 Å². The smallest absolute Gasteiger partial charge is 0.269 e. The Labute approximate surface area is 229 Å². The van der Waals surface area contributed by atoms with Crippen molar-refractivity contribution < 1.29 is 4.57 Å². The van der Waals surface area contributed by atoms with Crippen molar-refractivity contribution in [2.24, 2.45) is 0 Å². The van der Waals surface area contributed by atoms with E-state index < -0.39 is 0 Å². The molecule has 0 spiro atoms. The highest BCUT2D eigenvalue weighted by Crippen LogP contribution is 2.50. The highest BCUT2D eigenvalue weighted by Gasteiger charge is 2.42. The number of fused-ring (bicyclic) bond motifs is 3. The normalized spacial score (nSPS) is 18.6. The number of para-hydroxylation sites is 2. The van der Waals surface area contributed by atoms with Crippen molar-refractivity contribution in [2.75, 3.05) is 0 Å². The molecule has 38 heavy (non-hydrogen) atoms. The van der Waals surface area contributed by atoms with Crippen molar-refractivity contribution in [3.63, 3.8) is 0 Å². The molecule has 1 aromatic heterocycles. The second-order valence-corrected chi connectivity index (χ2v) is 14.3. The average molecular weight is 505 g/mol. The van der Waals surface area contributed by atoms with E-state index in [0.29, 0.717) is 11.8 Å². The molecule has 0 bridgehead atoms. The van der Waals surface area contributed by atoms with E-state index in [-0.39, 0.29) is 16.2 Å². The maximum Gasteiger partial charge on any atom is 0.269 e. The molecular formula is C36H44N2. The van der Waals surface area contributed by atoms with Crippen molar-refractivity contribution >= 4 is 11.0 Å². The van der Waals surface area contributed by atoms with Crippen LogP contribution in [0.1, 0.15) is 127 Å². The van der Waals surface area contributed by atoms with Gasteiger partial charge in [-0.25, -0.2) is 0 Å². The van der Waals surface area contributed by atoms with Gasteiger partial charge in [0.15, 0.2) is 0 Å². The first-order valence-corrected chi connectivity index (χ1v) is 14.6. The van der Waals surface area contributed by atoms with E-state index in [1.54, 1.807) is 0 Å². The molecule has 1 aliphatic heterocycles. The summed E-state index contributed by atoms with van der Waals surface area (Å²) in [5.74, 6) is 0.852. The molecule has 2 heterocycles. The predicted molar refractivity (Wildman–Crippen MR) is 159 cm³/mol. The van der Waals surface area contributed by atoms with Gasteiger partial charge in [-0.2, -0.15) is 0 Å². The average Bonchev–Trinajstić information content (AvgIpc) is 3.24. The van der Waals surface area contributed by atoms with E-state index in [9.17, 15) is 0 Å². The highest BCUT2D eigenvalue weighted by molar-refractivity contribution is 5.82. The van der Waals surface area contributed by atoms with Crippen LogP contribution in [0, 0.1) is 6.33 Å². The van der Waals surface area contributed by atoms with Gasteiger partial charge < -0.3 is 0 Å². The molecule has 2 nitrogen and oxygen atoms in total. The lowest BCUT2D eigenvalue weighted by molar-refractivity contribution is -0.575. The molecule has 4 aromatic rings. The summed E-state index contributed by atoms with van der Waals surface area (Å²) in [6, 6.07) is 18.8. The minimum Gasteiger partial charge on any atom is -0.291 e. The zero-order chi connectivity index (χ0) is 27.4. The van der Waals surface area contributed by atoms with Gasteiger partial charge >= 0.3 is 0 Å². The van der Waals surface area contributed by atoms with Gasteiger partial charge in [0.2, 0.25) is 0 Å². The van der Waals surface area contributed by atoms with Gasteiger partial charge in [-0.05, 0) is 75.0 Å². The lowest BCUT2D eigenvalue weighted by Crippen LogP contribution is -2.43. The summed E-state index contributed by atoms with van der Waals surface area (Å²) in [7, 11) is 0. The van der Waals surface area contributed by atoms with Crippen molar-refractivity contribution in [1.82, 2.24) is 4.57 Å². The Balaban J connectivity index is 1.74. The van der Waals surface area contributed by atoms with Crippen LogP contribution in [0.15, 0.2) is 48.5 Å². The first-order chi connectivity index (χ1) is 17.8. The predicted octanol–water partition coefficient (Wildman–Crippen LogP) is 8.94. The number of hydrogen-bond donors (Lipinski definition) is 0. The second-order valence-electron chi connectivity index (χ2n) is 14.3. The molecule has 0 amide bonds. The summed E-state index contributed by atoms with van der Waals surface area (Å²) in [5.41, 5.74) is 14.0. The Morgan fingerprint density at radius 1 is 0.711 bits per heavy atom. The monoisotopic (exact) mass is 504 g/mol. The molecule has 2 heteroatoms. The Hall–Kier alpha value is -2.87. The number of imidazole rings is 1. The summed E-state index contributed by atoms with van der Waals surface area (Å²) in [6.07, 6.45) is 6.37. The van der Waals surface area contributed by atoms with Gasteiger partial charge in [-0.1, -0.05) is 112 Å². The number of rotatable bonds is 3. The summed E-state index contributed by atoms with van der Waals surface area (Å²) in [6.45, 7) is 23.8. The van der Waals surface area contributed by atoms with Crippen LogP contribution in [-0.4, -0.2) is 4.57 Å². The molecule has 1 aliphatic carbocycles. The molecule has 2 aliphatic rings.